The molecule has 0 aromatic rings. The van der Waals surface area contributed by atoms with Crippen LogP contribution in [0, 0.1) is 0 Å². The molecule has 0 aromatic heterocycles. The third kappa shape index (κ3) is 5.04. The highest BCUT2D eigenvalue weighted by Crippen LogP contribution is 2.36. The zero-order valence-corrected chi connectivity index (χ0v) is 11.4. The summed E-state index contributed by atoms with van der Waals surface area (Å²) in [5.74, 6) is 0.751. The molecule has 0 bridgehead atoms. The van der Waals surface area contributed by atoms with E-state index in [1.165, 1.54) is 0 Å². The van der Waals surface area contributed by atoms with Crippen LogP contribution >= 0.6 is 11.6 Å². The monoisotopic (exact) mass is 222 g/mol. The lowest BCUT2D eigenvalue weighted by molar-refractivity contribution is 0.281. The van der Waals surface area contributed by atoms with E-state index >= 15 is 0 Å². The molecule has 0 saturated heterocycles. The maximum absolute atomic E-state index is 5.98. The molecule has 0 unspecified atom stereocenters. The van der Waals surface area contributed by atoms with Gasteiger partial charge in [0.25, 0.3) is 0 Å². The Bertz CT molecular complexity index is 140. The van der Waals surface area contributed by atoms with Crippen molar-refractivity contribution in [3.63, 3.8) is 0 Å². The molecule has 0 N–H and O–H groups in total. The lowest BCUT2D eigenvalue weighted by Gasteiger charge is -2.36. The van der Waals surface area contributed by atoms with Gasteiger partial charge in [0.2, 0.25) is 0 Å². The second kappa shape index (κ2) is 5.37. The van der Waals surface area contributed by atoms with Gasteiger partial charge in [0.1, 0.15) is 0 Å². The lowest BCUT2D eigenvalue weighted by atomic mass is 10.2. The van der Waals surface area contributed by atoms with Crippen LogP contribution in [0.15, 0.2) is 0 Å². The Hall–Kier alpha value is 0.467. The summed E-state index contributed by atoms with van der Waals surface area (Å²) in [6.07, 6.45) is 2.16. The van der Waals surface area contributed by atoms with Crippen LogP contribution in [0.5, 0.6) is 0 Å². The first-order valence-electron chi connectivity index (χ1n) is 5.01. The van der Waals surface area contributed by atoms with Gasteiger partial charge in [0.05, 0.1) is 0 Å². The number of rotatable bonds is 5. The summed E-state index contributed by atoms with van der Waals surface area (Å²) in [6.45, 7) is 12.2. The summed E-state index contributed by atoms with van der Waals surface area (Å²) in [5.41, 5.74) is 0. The van der Waals surface area contributed by atoms with Gasteiger partial charge in [-0.25, -0.2) is 0 Å². The van der Waals surface area contributed by atoms with Crippen molar-refractivity contribution in [1.29, 1.82) is 0 Å². The van der Waals surface area contributed by atoms with Gasteiger partial charge in [0, 0.05) is 12.5 Å². The van der Waals surface area contributed by atoms with E-state index in [2.05, 4.69) is 33.9 Å². The van der Waals surface area contributed by atoms with Crippen molar-refractivity contribution in [2.45, 2.75) is 51.7 Å². The fourth-order valence-corrected chi connectivity index (χ4v) is 2.02. The van der Waals surface area contributed by atoms with Gasteiger partial charge in [-0.05, 0) is 31.0 Å². The smallest absolute Gasteiger partial charge is 0.191 e. The van der Waals surface area contributed by atoms with E-state index in [1.54, 1.807) is 0 Å². The number of hydrogen-bond acceptors (Lipinski definition) is 1. The topological polar surface area (TPSA) is 9.23 Å². The number of alkyl halides is 1. The average molecular weight is 223 g/mol. The van der Waals surface area contributed by atoms with Gasteiger partial charge in [-0.1, -0.05) is 20.8 Å². The molecule has 0 aromatic carbocycles. The van der Waals surface area contributed by atoms with Crippen LogP contribution < -0.4 is 0 Å². The SMILES string of the molecule is CC(C)(C)[Si](C)(C)OCCCCCl. The zero-order valence-electron chi connectivity index (χ0n) is 9.61. The minimum atomic E-state index is -1.50. The van der Waals surface area contributed by atoms with Crippen LogP contribution in [0.1, 0.15) is 33.6 Å². The van der Waals surface area contributed by atoms with Crippen LogP contribution in [-0.4, -0.2) is 20.8 Å². The Morgan fingerprint density at radius 2 is 1.69 bits per heavy atom. The average Bonchev–Trinajstić information content (AvgIpc) is 1.96. The number of unbranched alkanes of at least 4 members (excludes halogenated alkanes) is 1. The summed E-state index contributed by atoms with van der Waals surface area (Å²) in [6, 6.07) is 0. The highest BCUT2D eigenvalue weighted by atomic mass is 35.5. The quantitative estimate of drug-likeness (QED) is 0.388. The van der Waals surface area contributed by atoms with Crippen molar-refractivity contribution >= 4 is 19.9 Å². The predicted octanol–water partition coefficient (Wildman–Crippen LogP) is 4.03. The summed E-state index contributed by atoms with van der Waals surface area (Å²) < 4.78 is 5.98. The summed E-state index contributed by atoms with van der Waals surface area (Å²) >= 11 is 5.60. The lowest BCUT2D eigenvalue weighted by Crippen LogP contribution is -2.40. The van der Waals surface area contributed by atoms with E-state index < -0.39 is 8.32 Å². The van der Waals surface area contributed by atoms with Gasteiger partial charge in [0.15, 0.2) is 8.32 Å². The normalized spacial score (nSPS) is 13.4. The minimum Gasteiger partial charge on any atom is -0.417 e. The van der Waals surface area contributed by atoms with Gasteiger partial charge < -0.3 is 4.43 Å². The molecule has 0 aliphatic carbocycles. The third-order valence-corrected chi connectivity index (χ3v) is 7.60. The van der Waals surface area contributed by atoms with Crippen molar-refractivity contribution in [2.24, 2.45) is 0 Å². The van der Waals surface area contributed by atoms with Crippen molar-refractivity contribution in [3.05, 3.63) is 0 Å². The molecule has 0 aliphatic heterocycles. The highest BCUT2D eigenvalue weighted by molar-refractivity contribution is 6.74. The van der Waals surface area contributed by atoms with Crippen molar-refractivity contribution < 1.29 is 4.43 Å². The molecule has 1 nitrogen and oxygen atoms in total. The third-order valence-electron chi connectivity index (χ3n) is 2.80. The number of hydrogen-bond donors (Lipinski definition) is 0. The number of halogens is 1. The Morgan fingerprint density at radius 3 is 2.08 bits per heavy atom. The minimum absolute atomic E-state index is 0.327. The molecule has 3 heteroatoms. The molecule has 0 radical (unpaired) electrons. The van der Waals surface area contributed by atoms with Crippen LogP contribution in [0.4, 0.5) is 0 Å². The molecule has 0 heterocycles. The first kappa shape index (κ1) is 13.5. The van der Waals surface area contributed by atoms with Crippen molar-refractivity contribution in [2.75, 3.05) is 12.5 Å². The predicted molar refractivity (Wildman–Crippen MR) is 63.1 cm³/mol. The fraction of sp³-hybridized carbons (Fsp3) is 1.00. The van der Waals surface area contributed by atoms with Gasteiger partial charge in [-0.2, -0.15) is 0 Å². The zero-order chi connectivity index (χ0) is 10.5. The maximum atomic E-state index is 5.98. The van der Waals surface area contributed by atoms with E-state index in [1.807, 2.05) is 0 Å². The molecule has 0 atom stereocenters. The fourth-order valence-electron chi connectivity index (χ4n) is 0.740. The second-order valence-corrected chi connectivity index (χ2v) is 10.2. The standard InChI is InChI=1S/C10H23ClOSi/c1-10(2,3)13(4,5)12-9-7-6-8-11/h6-9H2,1-5H3. The van der Waals surface area contributed by atoms with Crippen LogP contribution in [0.3, 0.4) is 0 Å². The summed E-state index contributed by atoms with van der Waals surface area (Å²) in [4.78, 5) is 0. The molecule has 80 valence electrons. The largest absolute Gasteiger partial charge is 0.417 e. The molecule has 0 aliphatic rings. The molecular weight excluding hydrogens is 200 g/mol. The molecular formula is C10H23ClOSi. The maximum Gasteiger partial charge on any atom is 0.191 e. The van der Waals surface area contributed by atoms with E-state index in [-0.39, 0.29) is 0 Å². The molecule has 0 saturated carbocycles. The van der Waals surface area contributed by atoms with Crippen LogP contribution in [0.25, 0.3) is 0 Å². The van der Waals surface area contributed by atoms with Gasteiger partial charge in [-0.15, -0.1) is 11.6 Å². The summed E-state index contributed by atoms with van der Waals surface area (Å²) in [5, 5.41) is 0.327. The van der Waals surface area contributed by atoms with E-state index in [4.69, 9.17) is 16.0 Å². The van der Waals surface area contributed by atoms with Crippen molar-refractivity contribution in [1.82, 2.24) is 0 Å². The van der Waals surface area contributed by atoms with E-state index in [0.717, 1.165) is 25.3 Å². The molecule has 0 rings (SSSR count). The molecule has 0 amide bonds. The molecule has 0 spiro atoms. The Kier molecular flexibility index (Phi) is 5.57. The molecule has 0 fully saturated rings. The Labute approximate surface area is 88.9 Å². The summed E-state index contributed by atoms with van der Waals surface area (Å²) in [7, 11) is -1.50. The van der Waals surface area contributed by atoms with Crippen LogP contribution in [0.2, 0.25) is 18.1 Å². The first-order valence-corrected chi connectivity index (χ1v) is 8.45. The van der Waals surface area contributed by atoms with E-state index in [9.17, 15) is 0 Å². The van der Waals surface area contributed by atoms with Gasteiger partial charge >= 0.3 is 0 Å². The second-order valence-electron chi connectivity index (χ2n) is 5.00. The van der Waals surface area contributed by atoms with Gasteiger partial charge in [-0.3, -0.25) is 0 Å². The first-order chi connectivity index (χ1) is 5.81. The highest BCUT2D eigenvalue weighted by Gasteiger charge is 2.36. The Morgan fingerprint density at radius 1 is 1.15 bits per heavy atom. The van der Waals surface area contributed by atoms with E-state index in [0.29, 0.717) is 5.04 Å². The molecule has 13 heavy (non-hydrogen) atoms. The van der Waals surface area contributed by atoms with Crippen LogP contribution in [-0.2, 0) is 4.43 Å². The Balaban J connectivity index is 3.77. The van der Waals surface area contributed by atoms with Crippen molar-refractivity contribution in [3.8, 4) is 0 Å².